The lowest BCUT2D eigenvalue weighted by Gasteiger charge is -2.35. The van der Waals surface area contributed by atoms with E-state index in [1.165, 1.54) is 11.1 Å². The standard InChI is InChI=1S/C31H41N5O3/c1-31(2,3)39-30(38)33-17-10-19-36-22-18-32-28(29(36)37)34-26-15-20-35(21-16-26)23-27(24-11-6-4-7-12-24)25-13-8-5-9-14-25/h4-9,11-14,18,22,26-27H,10,15-17,19-21,23H2,1-3H3,(H,32,34)(H,33,38). The molecule has 0 radical (unpaired) electrons. The fourth-order valence-electron chi connectivity index (χ4n) is 4.96. The van der Waals surface area contributed by atoms with E-state index in [-0.39, 0.29) is 11.6 Å². The summed E-state index contributed by atoms with van der Waals surface area (Å²) >= 11 is 0. The molecule has 2 N–H and O–H groups in total. The van der Waals surface area contributed by atoms with E-state index >= 15 is 0 Å². The summed E-state index contributed by atoms with van der Waals surface area (Å²) < 4.78 is 6.89. The molecule has 1 fully saturated rings. The highest BCUT2D eigenvalue weighted by Crippen LogP contribution is 2.27. The minimum Gasteiger partial charge on any atom is -0.444 e. The van der Waals surface area contributed by atoms with Crippen LogP contribution in [-0.4, -0.2) is 58.4 Å². The molecule has 8 heteroatoms. The molecule has 1 saturated heterocycles. The second-order valence-corrected chi connectivity index (χ2v) is 11.1. The normalized spacial score (nSPS) is 14.8. The zero-order chi connectivity index (χ0) is 27.7. The minimum atomic E-state index is -0.533. The Balaban J connectivity index is 1.27. The van der Waals surface area contributed by atoms with Crippen molar-refractivity contribution in [2.75, 3.05) is 31.5 Å². The Labute approximate surface area is 231 Å². The number of ether oxygens (including phenoxy) is 1. The van der Waals surface area contributed by atoms with Gasteiger partial charge in [0.05, 0.1) is 0 Å². The molecule has 0 unspecified atom stereocenters. The number of hydrogen-bond acceptors (Lipinski definition) is 6. The molecule has 4 rings (SSSR count). The number of aryl methyl sites for hydroxylation is 1. The van der Waals surface area contributed by atoms with Gasteiger partial charge in [0.1, 0.15) is 5.60 Å². The number of nitrogens with one attached hydrogen (secondary N) is 2. The maximum Gasteiger partial charge on any atom is 0.407 e. The average Bonchev–Trinajstić information content (AvgIpc) is 2.92. The lowest BCUT2D eigenvalue weighted by molar-refractivity contribution is 0.0526. The van der Waals surface area contributed by atoms with Gasteiger partial charge in [-0.05, 0) is 51.2 Å². The van der Waals surface area contributed by atoms with Crippen LogP contribution in [-0.2, 0) is 11.3 Å². The highest BCUT2D eigenvalue weighted by atomic mass is 16.6. The van der Waals surface area contributed by atoms with Crippen molar-refractivity contribution in [1.82, 2.24) is 19.8 Å². The van der Waals surface area contributed by atoms with Crippen molar-refractivity contribution in [2.24, 2.45) is 0 Å². The molecule has 0 atom stereocenters. The lowest BCUT2D eigenvalue weighted by Crippen LogP contribution is -2.42. The van der Waals surface area contributed by atoms with Gasteiger partial charge in [-0.25, -0.2) is 9.78 Å². The Morgan fingerprint density at radius 2 is 1.64 bits per heavy atom. The summed E-state index contributed by atoms with van der Waals surface area (Å²) in [6.45, 7) is 9.29. The third-order valence-electron chi connectivity index (χ3n) is 6.93. The van der Waals surface area contributed by atoms with E-state index in [9.17, 15) is 9.59 Å². The molecule has 1 aromatic heterocycles. The lowest BCUT2D eigenvalue weighted by atomic mass is 9.90. The number of piperidine rings is 1. The predicted octanol–water partition coefficient (Wildman–Crippen LogP) is 4.87. The van der Waals surface area contributed by atoms with Gasteiger partial charge in [-0.3, -0.25) is 4.79 Å². The van der Waals surface area contributed by atoms with Gasteiger partial charge in [0.2, 0.25) is 0 Å². The van der Waals surface area contributed by atoms with Crippen LogP contribution < -0.4 is 16.2 Å². The van der Waals surface area contributed by atoms with Crippen molar-refractivity contribution >= 4 is 11.9 Å². The first-order chi connectivity index (χ1) is 18.8. The smallest absolute Gasteiger partial charge is 0.407 e. The summed E-state index contributed by atoms with van der Waals surface area (Å²) in [5, 5.41) is 6.14. The first kappa shape index (κ1) is 28.4. The summed E-state index contributed by atoms with van der Waals surface area (Å²) in [6, 6.07) is 21.6. The second-order valence-electron chi connectivity index (χ2n) is 11.1. The number of amides is 1. The maximum absolute atomic E-state index is 13.0. The molecule has 0 aliphatic carbocycles. The molecule has 0 spiro atoms. The predicted molar refractivity (Wildman–Crippen MR) is 155 cm³/mol. The molecule has 0 saturated carbocycles. The van der Waals surface area contributed by atoms with Crippen LogP contribution in [0, 0.1) is 0 Å². The number of alkyl carbamates (subject to hydrolysis) is 1. The van der Waals surface area contributed by atoms with Crippen molar-refractivity contribution in [1.29, 1.82) is 0 Å². The Morgan fingerprint density at radius 1 is 1.03 bits per heavy atom. The Bertz CT molecular complexity index is 1190. The zero-order valence-corrected chi connectivity index (χ0v) is 23.3. The Kier molecular flexibility index (Phi) is 9.76. The molecule has 0 bridgehead atoms. The van der Waals surface area contributed by atoms with E-state index in [2.05, 4.69) is 81.2 Å². The topological polar surface area (TPSA) is 88.5 Å². The molecular formula is C31H41N5O3. The first-order valence-electron chi connectivity index (χ1n) is 13.9. The average molecular weight is 532 g/mol. The second kappa shape index (κ2) is 13.4. The zero-order valence-electron chi connectivity index (χ0n) is 23.3. The number of likely N-dealkylation sites (tertiary alicyclic amines) is 1. The fourth-order valence-corrected chi connectivity index (χ4v) is 4.96. The Hall–Kier alpha value is -3.65. The molecule has 1 aliphatic heterocycles. The summed E-state index contributed by atoms with van der Waals surface area (Å²) in [6.07, 6.45) is 5.42. The molecule has 8 nitrogen and oxygen atoms in total. The largest absolute Gasteiger partial charge is 0.444 e. The van der Waals surface area contributed by atoms with Gasteiger partial charge in [-0.1, -0.05) is 60.7 Å². The van der Waals surface area contributed by atoms with Gasteiger partial charge in [0.25, 0.3) is 5.56 Å². The van der Waals surface area contributed by atoms with Gasteiger partial charge in [-0.2, -0.15) is 0 Å². The third-order valence-corrected chi connectivity index (χ3v) is 6.93. The quantitative estimate of drug-likeness (QED) is 0.363. The number of benzene rings is 2. The maximum atomic E-state index is 13.0. The van der Waals surface area contributed by atoms with Gasteiger partial charge >= 0.3 is 6.09 Å². The van der Waals surface area contributed by atoms with Crippen LogP contribution >= 0.6 is 0 Å². The summed E-state index contributed by atoms with van der Waals surface area (Å²) in [7, 11) is 0. The highest BCUT2D eigenvalue weighted by molar-refractivity contribution is 5.67. The van der Waals surface area contributed by atoms with Crippen molar-refractivity contribution in [2.45, 2.75) is 64.1 Å². The molecular weight excluding hydrogens is 490 g/mol. The summed E-state index contributed by atoms with van der Waals surface area (Å²) in [4.78, 5) is 31.7. The van der Waals surface area contributed by atoms with Crippen LogP contribution in [0.25, 0.3) is 0 Å². The van der Waals surface area contributed by atoms with Crippen molar-refractivity contribution in [3.63, 3.8) is 0 Å². The SMILES string of the molecule is CC(C)(C)OC(=O)NCCCn1ccnc(NC2CCN(CC(c3ccccc3)c3ccccc3)CC2)c1=O. The van der Waals surface area contributed by atoms with Gasteiger partial charge < -0.3 is 24.8 Å². The van der Waals surface area contributed by atoms with E-state index < -0.39 is 11.7 Å². The van der Waals surface area contributed by atoms with Crippen molar-refractivity contribution in [3.8, 4) is 0 Å². The van der Waals surface area contributed by atoms with Crippen LogP contribution in [0.1, 0.15) is 57.1 Å². The number of nitrogens with zero attached hydrogens (tertiary/aromatic N) is 3. The third kappa shape index (κ3) is 8.68. The summed E-state index contributed by atoms with van der Waals surface area (Å²) in [5.41, 5.74) is 2.00. The molecule has 39 heavy (non-hydrogen) atoms. The molecule has 1 aliphatic rings. The van der Waals surface area contributed by atoms with E-state index in [4.69, 9.17) is 4.74 Å². The van der Waals surface area contributed by atoms with Crippen LogP contribution in [0.5, 0.6) is 0 Å². The number of carbonyl (C=O) groups is 1. The number of hydrogen-bond donors (Lipinski definition) is 2. The van der Waals surface area contributed by atoms with Gasteiger partial charge in [-0.15, -0.1) is 0 Å². The van der Waals surface area contributed by atoms with Crippen LogP contribution in [0.2, 0.25) is 0 Å². The monoisotopic (exact) mass is 531 g/mol. The Morgan fingerprint density at radius 3 is 2.23 bits per heavy atom. The van der Waals surface area contributed by atoms with Gasteiger partial charge in [0.15, 0.2) is 5.82 Å². The van der Waals surface area contributed by atoms with E-state index in [1.54, 1.807) is 17.0 Å². The molecule has 3 aromatic rings. The first-order valence-corrected chi connectivity index (χ1v) is 13.9. The number of rotatable bonds is 10. The molecule has 2 aromatic carbocycles. The molecule has 1 amide bonds. The van der Waals surface area contributed by atoms with Crippen LogP contribution in [0.3, 0.4) is 0 Å². The van der Waals surface area contributed by atoms with E-state index in [0.29, 0.717) is 31.2 Å². The van der Waals surface area contributed by atoms with Crippen LogP contribution in [0.4, 0.5) is 10.6 Å². The number of anilines is 1. The van der Waals surface area contributed by atoms with Crippen LogP contribution in [0.15, 0.2) is 77.9 Å². The fraction of sp³-hybridized carbons (Fsp3) is 0.452. The number of aromatic nitrogens is 2. The van der Waals surface area contributed by atoms with Crippen molar-refractivity contribution < 1.29 is 9.53 Å². The molecule has 2 heterocycles. The molecule has 208 valence electrons. The summed E-state index contributed by atoms with van der Waals surface area (Å²) in [5.74, 6) is 0.715. The number of carbonyl (C=O) groups excluding carboxylic acids is 1. The highest BCUT2D eigenvalue weighted by Gasteiger charge is 2.24. The van der Waals surface area contributed by atoms with E-state index in [0.717, 1.165) is 32.5 Å². The van der Waals surface area contributed by atoms with Gasteiger partial charge in [0, 0.05) is 57.1 Å². The van der Waals surface area contributed by atoms with E-state index in [1.807, 2.05) is 20.8 Å². The minimum absolute atomic E-state index is 0.134. The van der Waals surface area contributed by atoms with Crippen molar-refractivity contribution in [3.05, 3.63) is 94.5 Å².